The summed E-state index contributed by atoms with van der Waals surface area (Å²) < 4.78 is 20.0. The number of ether oxygens (including phenoxy) is 1. The van der Waals surface area contributed by atoms with Gasteiger partial charge < -0.3 is 20.1 Å². The zero-order chi connectivity index (χ0) is 19.8. The molecule has 1 aromatic carbocycles. The van der Waals surface area contributed by atoms with Crippen molar-refractivity contribution in [3.8, 4) is 0 Å². The number of benzene rings is 1. The van der Waals surface area contributed by atoms with Crippen LogP contribution in [0.25, 0.3) is 0 Å². The Labute approximate surface area is 162 Å². The minimum atomic E-state index is -0.796. The van der Waals surface area contributed by atoms with Gasteiger partial charge in [-0.3, -0.25) is 9.59 Å². The smallest absolute Gasteiger partial charge is 0.256 e. The Balaban J connectivity index is 1.69. The number of piperidine rings is 1. The van der Waals surface area contributed by atoms with E-state index in [9.17, 15) is 19.1 Å². The number of rotatable bonds is 2. The van der Waals surface area contributed by atoms with E-state index in [0.717, 1.165) is 6.07 Å². The fraction of sp³-hybridized carbons (Fsp3) is 0.579. The second-order valence-electron chi connectivity index (χ2n) is 7.70. The Morgan fingerprint density at radius 1 is 1.37 bits per heavy atom. The van der Waals surface area contributed by atoms with Crippen LogP contribution in [0.1, 0.15) is 43.5 Å². The maximum Gasteiger partial charge on any atom is 0.256 e. The number of halogens is 2. The van der Waals surface area contributed by atoms with Crippen molar-refractivity contribution >= 4 is 23.4 Å². The van der Waals surface area contributed by atoms with E-state index in [4.69, 9.17) is 16.3 Å². The van der Waals surface area contributed by atoms with Crippen LogP contribution in [0.4, 0.5) is 4.39 Å². The van der Waals surface area contributed by atoms with Crippen molar-refractivity contribution in [2.45, 2.75) is 50.4 Å². The van der Waals surface area contributed by atoms with Gasteiger partial charge in [0.05, 0.1) is 23.3 Å². The normalized spacial score (nSPS) is 27.4. The van der Waals surface area contributed by atoms with E-state index >= 15 is 0 Å². The summed E-state index contributed by atoms with van der Waals surface area (Å²) in [6, 6.07) is 4.02. The lowest BCUT2D eigenvalue weighted by molar-refractivity contribution is -0.179. The number of nitrogens with zero attached hydrogens (tertiary/aromatic N) is 1. The summed E-state index contributed by atoms with van der Waals surface area (Å²) in [6.45, 7) is 4.17. The predicted octanol–water partition coefficient (Wildman–Crippen LogP) is 2.13. The molecule has 3 rings (SSSR count). The summed E-state index contributed by atoms with van der Waals surface area (Å²) in [5.41, 5.74) is -1.30. The van der Waals surface area contributed by atoms with Gasteiger partial charge in [-0.15, -0.1) is 0 Å². The fourth-order valence-electron chi connectivity index (χ4n) is 4.08. The average Bonchev–Trinajstić information content (AvgIpc) is 2.58. The number of aliphatic hydroxyl groups is 1. The van der Waals surface area contributed by atoms with Crippen LogP contribution in [-0.2, 0) is 9.53 Å². The topological polar surface area (TPSA) is 78.9 Å². The number of carbonyl (C=O) groups excluding carboxylic acids is 2. The highest BCUT2D eigenvalue weighted by atomic mass is 35.5. The molecule has 0 unspecified atom stereocenters. The van der Waals surface area contributed by atoms with Gasteiger partial charge in [0.2, 0.25) is 5.91 Å². The van der Waals surface area contributed by atoms with E-state index < -0.39 is 23.1 Å². The van der Waals surface area contributed by atoms with E-state index in [1.165, 1.54) is 19.1 Å². The van der Waals surface area contributed by atoms with Gasteiger partial charge in [0.25, 0.3) is 5.91 Å². The third kappa shape index (κ3) is 4.10. The van der Waals surface area contributed by atoms with Gasteiger partial charge >= 0.3 is 0 Å². The van der Waals surface area contributed by atoms with Crippen LogP contribution in [0, 0.1) is 5.82 Å². The maximum absolute atomic E-state index is 14.0. The molecule has 27 heavy (non-hydrogen) atoms. The molecular formula is C19H24ClFN2O4. The summed E-state index contributed by atoms with van der Waals surface area (Å²) in [5.74, 6) is -1.22. The van der Waals surface area contributed by atoms with Gasteiger partial charge in [-0.2, -0.15) is 0 Å². The molecule has 2 atom stereocenters. The second kappa shape index (κ2) is 7.37. The molecule has 2 N–H and O–H groups in total. The van der Waals surface area contributed by atoms with Crippen LogP contribution in [0.5, 0.6) is 0 Å². The first-order valence-electron chi connectivity index (χ1n) is 8.99. The van der Waals surface area contributed by atoms with Crippen LogP contribution in [0.3, 0.4) is 0 Å². The van der Waals surface area contributed by atoms with Crippen molar-refractivity contribution in [2.24, 2.45) is 0 Å². The van der Waals surface area contributed by atoms with Crippen molar-refractivity contribution in [3.05, 3.63) is 34.6 Å². The van der Waals surface area contributed by atoms with Gasteiger partial charge in [-0.05, 0) is 38.0 Å². The Kier molecular flexibility index (Phi) is 5.47. The third-order valence-corrected chi connectivity index (χ3v) is 5.79. The van der Waals surface area contributed by atoms with Crippen molar-refractivity contribution in [1.82, 2.24) is 10.2 Å². The minimum Gasteiger partial charge on any atom is -0.388 e. The van der Waals surface area contributed by atoms with Crippen LogP contribution >= 0.6 is 11.6 Å². The van der Waals surface area contributed by atoms with E-state index in [1.807, 2.05) is 6.92 Å². The number of aliphatic hydroxyl groups excluding tert-OH is 1. The molecule has 0 bridgehead atoms. The van der Waals surface area contributed by atoms with Crippen molar-refractivity contribution in [3.63, 3.8) is 0 Å². The number of carbonyl (C=O) groups is 2. The third-order valence-electron chi connectivity index (χ3n) is 5.56. The first kappa shape index (κ1) is 20.0. The van der Waals surface area contributed by atoms with E-state index in [2.05, 4.69) is 5.32 Å². The summed E-state index contributed by atoms with van der Waals surface area (Å²) in [7, 11) is 0. The summed E-state index contributed by atoms with van der Waals surface area (Å²) in [5, 5.41) is 13.4. The zero-order valence-electron chi connectivity index (χ0n) is 15.4. The minimum absolute atomic E-state index is 0.00146. The van der Waals surface area contributed by atoms with Gasteiger partial charge in [0.15, 0.2) is 0 Å². The molecule has 148 valence electrons. The molecular weight excluding hydrogens is 375 g/mol. The van der Waals surface area contributed by atoms with Gasteiger partial charge in [-0.25, -0.2) is 4.39 Å². The van der Waals surface area contributed by atoms with Crippen LogP contribution < -0.4 is 5.32 Å². The summed E-state index contributed by atoms with van der Waals surface area (Å²) in [6.07, 6.45) is 0.763. The highest BCUT2D eigenvalue weighted by Gasteiger charge is 2.50. The Morgan fingerprint density at radius 3 is 2.63 bits per heavy atom. The second-order valence-corrected chi connectivity index (χ2v) is 8.14. The molecule has 2 heterocycles. The lowest BCUT2D eigenvalue weighted by atomic mass is 9.74. The zero-order valence-corrected chi connectivity index (χ0v) is 16.2. The molecule has 2 saturated heterocycles. The molecule has 2 aliphatic heterocycles. The quantitative estimate of drug-likeness (QED) is 0.800. The van der Waals surface area contributed by atoms with Gasteiger partial charge in [0.1, 0.15) is 11.9 Å². The average molecular weight is 399 g/mol. The molecule has 1 spiro atoms. The monoisotopic (exact) mass is 398 g/mol. The Morgan fingerprint density at radius 2 is 2.04 bits per heavy atom. The lowest BCUT2D eigenvalue weighted by Gasteiger charge is -2.51. The van der Waals surface area contributed by atoms with Crippen LogP contribution in [0.15, 0.2) is 18.2 Å². The number of hydrogen-bond acceptors (Lipinski definition) is 4. The molecule has 2 amide bonds. The maximum atomic E-state index is 14.0. The van der Waals surface area contributed by atoms with E-state index in [1.54, 1.807) is 4.90 Å². The van der Waals surface area contributed by atoms with E-state index in [-0.39, 0.29) is 29.0 Å². The number of nitrogens with one attached hydrogen (secondary N) is 1. The molecule has 0 aliphatic carbocycles. The fourth-order valence-corrected chi connectivity index (χ4v) is 4.24. The predicted molar refractivity (Wildman–Crippen MR) is 98.1 cm³/mol. The summed E-state index contributed by atoms with van der Waals surface area (Å²) in [4.78, 5) is 25.8. The highest BCUT2D eigenvalue weighted by Crippen LogP contribution is 2.40. The molecule has 0 saturated carbocycles. The number of amides is 2. The standard InChI is InChI=1S/C19H24ClFN2O4/c1-12(24)22-18(2)11-19(27-10-16(18)25)5-7-23(8-6-19)17(26)14-4-3-13(20)9-15(14)21/h3-4,9,16,25H,5-8,10-11H2,1-2H3,(H,22,24)/t16-,18-/m1/s1. The molecule has 8 heteroatoms. The summed E-state index contributed by atoms with van der Waals surface area (Å²) >= 11 is 5.75. The Bertz CT molecular complexity index is 751. The van der Waals surface area contributed by atoms with Crippen LogP contribution in [0.2, 0.25) is 5.02 Å². The van der Waals surface area contributed by atoms with E-state index in [0.29, 0.717) is 32.4 Å². The van der Waals surface area contributed by atoms with Crippen molar-refractivity contribution < 1.29 is 23.8 Å². The molecule has 6 nitrogen and oxygen atoms in total. The van der Waals surface area contributed by atoms with Crippen LogP contribution in [-0.4, -0.2) is 58.8 Å². The number of likely N-dealkylation sites (tertiary alicyclic amines) is 1. The van der Waals surface area contributed by atoms with Crippen molar-refractivity contribution in [1.29, 1.82) is 0 Å². The van der Waals surface area contributed by atoms with Gasteiger partial charge in [-0.1, -0.05) is 11.6 Å². The first-order chi connectivity index (χ1) is 12.6. The molecule has 0 radical (unpaired) electrons. The molecule has 1 aromatic rings. The number of hydrogen-bond donors (Lipinski definition) is 2. The Hall–Kier alpha value is -1.70. The van der Waals surface area contributed by atoms with Gasteiger partial charge in [0, 0.05) is 31.5 Å². The largest absolute Gasteiger partial charge is 0.388 e. The SMILES string of the molecule is CC(=O)N[C@]1(C)CC2(CCN(C(=O)c3ccc(Cl)cc3F)CC2)OC[C@H]1O. The lowest BCUT2D eigenvalue weighted by Crippen LogP contribution is -2.65. The molecule has 0 aromatic heterocycles. The van der Waals surface area contributed by atoms with Crippen molar-refractivity contribution in [2.75, 3.05) is 19.7 Å². The molecule has 2 aliphatic rings. The molecule has 2 fully saturated rings. The first-order valence-corrected chi connectivity index (χ1v) is 9.37. The highest BCUT2D eigenvalue weighted by molar-refractivity contribution is 6.30.